The van der Waals surface area contributed by atoms with Crippen LogP contribution in [0.15, 0.2) is 50.1 Å². The molecule has 3 aromatic rings. The van der Waals surface area contributed by atoms with Crippen molar-refractivity contribution in [1.82, 2.24) is 9.97 Å². The molecule has 11 nitrogen and oxygen atoms in total. The van der Waals surface area contributed by atoms with E-state index in [9.17, 15) is 8.42 Å². The highest BCUT2D eigenvalue weighted by molar-refractivity contribution is 7.92. The number of hydrogen-bond acceptors (Lipinski definition) is 10. The van der Waals surface area contributed by atoms with E-state index in [1.54, 1.807) is 6.92 Å². The Labute approximate surface area is 160 Å². The van der Waals surface area contributed by atoms with E-state index in [1.807, 2.05) is 6.92 Å². The molecule has 0 atom stereocenters. The number of rotatable bonds is 5. The maximum atomic E-state index is 12.5. The van der Waals surface area contributed by atoms with Gasteiger partial charge in [0, 0.05) is 5.56 Å². The zero-order valence-corrected chi connectivity index (χ0v) is 15.9. The van der Waals surface area contributed by atoms with Gasteiger partial charge in [0.2, 0.25) is 11.8 Å². The summed E-state index contributed by atoms with van der Waals surface area (Å²) in [6.07, 6.45) is 1.48. The summed E-state index contributed by atoms with van der Waals surface area (Å²) in [5.74, 6) is 0.0797. The number of nitrogens with zero attached hydrogens (tertiary/aromatic N) is 4. The number of anilines is 4. The molecule has 0 amide bonds. The van der Waals surface area contributed by atoms with Crippen molar-refractivity contribution in [3.05, 3.63) is 41.7 Å². The lowest BCUT2D eigenvalue weighted by Crippen LogP contribution is -2.12. The van der Waals surface area contributed by atoms with Crippen LogP contribution < -0.4 is 21.9 Å². The van der Waals surface area contributed by atoms with E-state index in [4.69, 9.17) is 21.6 Å². The molecule has 0 bridgehead atoms. The van der Waals surface area contributed by atoms with Crippen LogP contribution in [-0.2, 0) is 10.0 Å². The third-order valence-corrected chi connectivity index (χ3v) is 5.23. The summed E-state index contributed by atoms with van der Waals surface area (Å²) < 4.78 is 32.6. The van der Waals surface area contributed by atoms with E-state index in [0.29, 0.717) is 5.69 Å². The van der Waals surface area contributed by atoms with Gasteiger partial charge in [-0.2, -0.15) is 15.1 Å². The van der Waals surface area contributed by atoms with E-state index < -0.39 is 10.0 Å². The second-order valence-corrected chi connectivity index (χ2v) is 7.56. The molecule has 2 aromatic heterocycles. The highest BCUT2D eigenvalue weighted by atomic mass is 32.2. The quantitative estimate of drug-likeness (QED) is 0.468. The first-order chi connectivity index (χ1) is 13.2. The zero-order chi connectivity index (χ0) is 20.5. The van der Waals surface area contributed by atoms with Crippen molar-refractivity contribution >= 4 is 44.9 Å². The van der Waals surface area contributed by atoms with Gasteiger partial charge in [0.25, 0.3) is 10.0 Å². The summed E-state index contributed by atoms with van der Waals surface area (Å²) in [4.78, 5) is 7.55. The first-order valence-electron chi connectivity index (χ1n) is 7.95. The molecular formula is C16H18N8O3S. The molecule has 2 heterocycles. The van der Waals surface area contributed by atoms with Crippen molar-refractivity contribution in [3.63, 3.8) is 0 Å². The van der Waals surface area contributed by atoms with Crippen LogP contribution in [0, 0.1) is 13.8 Å². The maximum Gasteiger partial charge on any atom is 0.264 e. The Hall–Kier alpha value is -3.67. The van der Waals surface area contributed by atoms with Crippen molar-refractivity contribution in [2.24, 2.45) is 10.2 Å². The molecule has 0 aliphatic carbocycles. The van der Waals surface area contributed by atoms with Gasteiger partial charge in [0.15, 0.2) is 17.3 Å². The van der Waals surface area contributed by atoms with Gasteiger partial charge in [-0.05, 0) is 43.7 Å². The maximum absolute atomic E-state index is 12.5. The van der Waals surface area contributed by atoms with Crippen molar-refractivity contribution in [2.45, 2.75) is 18.7 Å². The van der Waals surface area contributed by atoms with E-state index in [0.717, 1.165) is 11.1 Å². The Morgan fingerprint density at radius 3 is 2.14 bits per heavy atom. The summed E-state index contributed by atoms with van der Waals surface area (Å²) in [5.41, 5.74) is 18.8. The van der Waals surface area contributed by atoms with Gasteiger partial charge in [0.1, 0.15) is 0 Å². The minimum absolute atomic E-state index is 0.0127. The molecule has 3 rings (SSSR count). The summed E-state index contributed by atoms with van der Waals surface area (Å²) in [5, 5.41) is 7.87. The largest absolute Gasteiger partial charge is 0.447 e. The highest BCUT2D eigenvalue weighted by Crippen LogP contribution is 2.29. The van der Waals surface area contributed by atoms with Gasteiger partial charge in [-0.1, -0.05) is 0 Å². The average molecular weight is 402 g/mol. The lowest BCUT2D eigenvalue weighted by Gasteiger charge is -2.06. The number of aryl methyl sites for hydroxylation is 1. The predicted octanol–water partition coefficient (Wildman–Crippen LogP) is 2.65. The lowest BCUT2D eigenvalue weighted by molar-refractivity contribution is 0.573. The number of furan rings is 1. The number of hydrogen-bond donors (Lipinski definition) is 4. The lowest BCUT2D eigenvalue weighted by atomic mass is 10.2. The average Bonchev–Trinajstić information content (AvgIpc) is 2.93. The van der Waals surface area contributed by atoms with Crippen LogP contribution >= 0.6 is 0 Å². The number of nitrogens with one attached hydrogen (secondary N) is 1. The zero-order valence-electron chi connectivity index (χ0n) is 15.0. The fourth-order valence-electron chi connectivity index (χ4n) is 2.20. The van der Waals surface area contributed by atoms with E-state index in [-0.39, 0.29) is 34.1 Å². The van der Waals surface area contributed by atoms with Crippen molar-refractivity contribution in [2.75, 3.05) is 21.9 Å². The Morgan fingerprint density at radius 2 is 1.61 bits per heavy atom. The Bertz CT molecular complexity index is 1130. The molecule has 7 N–H and O–H groups in total. The van der Waals surface area contributed by atoms with Gasteiger partial charge in [-0.3, -0.25) is 0 Å². The molecule has 0 fully saturated rings. The molecule has 0 unspecified atom stereocenters. The molecule has 0 aliphatic heterocycles. The number of sulfonamides is 1. The number of benzene rings is 1. The molecule has 0 saturated heterocycles. The van der Waals surface area contributed by atoms with Crippen LogP contribution in [0.3, 0.4) is 0 Å². The Kier molecular flexibility index (Phi) is 4.88. The molecule has 0 spiro atoms. The van der Waals surface area contributed by atoms with Crippen molar-refractivity contribution < 1.29 is 12.8 Å². The van der Waals surface area contributed by atoms with Crippen LogP contribution in [0.2, 0.25) is 0 Å². The summed E-state index contributed by atoms with van der Waals surface area (Å²) in [6.45, 7) is 3.58. The second-order valence-electron chi connectivity index (χ2n) is 5.87. The minimum Gasteiger partial charge on any atom is -0.447 e. The van der Waals surface area contributed by atoms with E-state index in [2.05, 4.69) is 24.9 Å². The van der Waals surface area contributed by atoms with Crippen LogP contribution in [0.4, 0.5) is 34.8 Å². The SMILES string of the molecule is Cc1coc(NS(=O)(=O)c2ccc(N=Nc3c(N)nc(N)nc3N)cc2)c1C. The molecule has 0 radical (unpaired) electrons. The van der Waals surface area contributed by atoms with Crippen molar-refractivity contribution in [1.29, 1.82) is 0 Å². The third-order valence-electron chi connectivity index (χ3n) is 3.88. The van der Waals surface area contributed by atoms with E-state index in [1.165, 1.54) is 30.5 Å². The molecule has 28 heavy (non-hydrogen) atoms. The van der Waals surface area contributed by atoms with Gasteiger partial charge in [-0.15, -0.1) is 5.11 Å². The van der Waals surface area contributed by atoms with Gasteiger partial charge in [0.05, 0.1) is 16.8 Å². The highest BCUT2D eigenvalue weighted by Gasteiger charge is 2.18. The number of azo groups is 1. The Balaban J connectivity index is 1.81. The molecule has 1 aromatic carbocycles. The first-order valence-corrected chi connectivity index (χ1v) is 9.43. The molecule has 12 heteroatoms. The number of nitrogens with two attached hydrogens (primary N) is 3. The topological polar surface area (TPSA) is 188 Å². The van der Waals surface area contributed by atoms with Gasteiger partial charge in [-0.25, -0.2) is 13.1 Å². The van der Waals surface area contributed by atoms with Gasteiger partial charge < -0.3 is 21.6 Å². The van der Waals surface area contributed by atoms with Crippen molar-refractivity contribution in [3.8, 4) is 0 Å². The van der Waals surface area contributed by atoms with Crippen LogP contribution in [-0.4, -0.2) is 18.4 Å². The monoisotopic (exact) mass is 402 g/mol. The predicted molar refractivity (Wildman–Crippen MR) is 105 cm³/mol. The minimum atomic E-state index is -3.81. The standard InChI is InChI=1S/C16H18N8O3S/c1-8-7-27-15(9(8)2)24-28(25,26)11-5-3-10(4-6-11)22-23-12-13(17)20-16(19)21-14(12)18/h3-7,24H,1-2H3,(H6,17,18,19,20,21). The number of nitrogen functional groups attached to an aromatic ring is 3. The number of aromatic nitrogens is 2. The Morgan fingerprint density at radius 1 is 1.00 bits per heavy atom. The smallest absolute Gasteiger partial charge is 0.264 e. The molecule has 0 aliphatic rings. The summed E-state index contributed by atoms with van der Waals surface area (Å²) in [7, 11) is -3.81. The second kappa shape index (κ2) is 7.15. The normalized spacial score (nSPS) is 11.8. The summed E-state index contributed by atoms with van der Waals surface area (Å²) in [6, 6.07) is 5.72. The molecule has 0 saturated carbocycles. The molecular weight excluding hydrogens is 384 g/mol. The van der Waals surface area contributed by atoms with Crippen LogP contribution in [0.5, 0.6) is 0 Å². The van der Waals surface area contributed by atoms with E-state index >= 15 is 0 Å². The van der Waals surface area contributed by atoms with Crippen LogP contribution in [0.25, 0.3) is 0 Å². The molecule has 146 valence electrons. The first kappa shape index (κ1) is 19.1. The summed E-state index contributed by atoms with van der Waals surface area (Å²) >= 11 is 0. The fraction of sp³-hybridized carbons (Fsp3) is 0.125. The fourth-order valence-corrected chi connectivity index (χ4v) is 3.25. The third kappa shape index (κ3) is 3.86. The van der Waals surface area contributed by atoms with Crippen LogP contribution in [0.1, 0.15) is 11.1 Å². The van der Waals surface area contributed by atoms with Gasteiger partial charge >= 0.3 is 0 Å².